The first-order chi connectivity index (χ1) is 4.27. The Morgan fingerprint density at radius 2 is 2.22 bits per heavy atom. The smallest absolute Gasteiger partial charge is 0.0466 e. The lowest BCUT2D eigenvalue weighted by Gasteiger charge is -2.02. The van der Waals surface area contributed by atoms with Crippen LogP contribution in [0.2, 0.25) is 0 Å². The first kappa shape index (κ1) is 9.31. The zero-order valence-corrected chi connectivity index (χ0v) is 7.16. The van der Waals surface area contributed by atoms with Crippen molar-refractivity contribution in [2.75, 3.05) is 13.2 Å². The zero-order valence-electron chi connectivity index (χ0n) is 6.26. The molecule has 56 valence electrons. The highest BCUT2D eigenvalue weighted by Gasteiger charge is 1.92. The molecule has 0 N–H and O–H groups in total. The lowest BCUT2D eigenvalue weighted by atomic mass is 10.2. The van der Waals surface area contributed by atoms with Crippen molar-refractivity contribution in [1.82, 2.24) is 0 Å². The number of hydrogen-bond acceptors (Lipinski definition) is 2. The van der Waals surface area contributed by atoms with Crippen molar-refractivity contribution in [3.63, 3.8) is 0 Å². The molecule has 2 heteroatoms. The Labute approximate surface area is 63.2 Å². The number of hydrogen-bond donors (Lipinski definition) is 1. The van der Waals surface area contributed by atoms with Crippen molar-refractivity contribution in [3.8, 4) is 0 Å². The molecular formula is C7H16OS. The summed E-state index contributed by atoms with van der Waals surface area (Å²) in [7, 11) is 0. The van der Waals surface area contributed by atoms with E-state index in [1.165, 1.54) is 0 Å². The van der Waals surface area contributed by atoms with Crippen molar-refractivity contribution in [2.45, 2.75) is 31.9 Å². The van der Waals surface area contributed by atoms with Gasteiger partial charge in [-0.1, -0.05) is 6.92 Å². The minimum absolute atomic E-state index is 0.519. The van der Waals surface area contributed by atoms with E-state index in [-0.39, 0.29) is 0 Å². The molecule has 0 spiro atoms. The molecule has 0 bridgehead atoms. The van der Waals surface area contributed by atoms with Gasteiger partial charge in [-0.05, 0) is 25.0 Å². The Balaban J connectivity index is 2.75. The molecule has 0 aromatic carbocycles. The molecule has 0 amide bonds. The molecule has 0 saturated carbocycles. The van der Waals surface area contributed by atoms with Crippen LogP contribution in [-0.2, 0) is 4.74 Å². The maximum Gasteiger partial charge on any atom is 0.0466 e. The lowest BCUT2D eigenvalue weighted by Crippen LogP contribution is -1.97. The van der Waals surface area contributed by atoms with Gasteiger partial charge in [0.1, 0.15) is 0 Å². The summed E-state index contributed by atoms with van der Waals surface area (Å²) in [6.07, 6.45) is 2.29. The van der Waals surface area contributed by atoms with E-state index in [4.69, 9.17) is 4.74 Å². The second-order valence-corrected chi connectivity index (χ2v) is 3.07. The first-order valence-corrected chi connectivity index (χ1v) is 4.04. The standard InChI is InChI=1S/C7H16OS/c1-3-8-6-4-5-7(2)9/h7,9H,3-6H2,1-2H3. The molecule has 1 unspecified atom stereocenters. The van der Waals surface area contributed by atoms with Gasteiger partial charge in [-0.2, -0.15) is 12.6 Å². The fourth-order valence-corrected chi connectivity index (χ4v) is 0.808. The predicted octanol–water partition coefficient (Wildman–Crippen LogP) is 2.12. The summed E-state index contributed by atoms with van der Waals surface area (Å²) in [5.41, 5.74) is 0. The number of thiol groups is 1. The largest absolute Gasteiger partial charge is 0.382 e. The normalized spacial score (nSPS) is 13.7. The van der Waals surface area contributed by atoms with E-state index >= 15 is 0 Å². The van der Waals surface area contributed by atoms with E-state index in [1.807, 2.05) is 6.92 Å². The van der Waals surface area contributed by atoms with E-state index in [1.54, 1.807) is 0 Å². The fraction of sp³-hybridized carbons (Fsp3) is 1.00. The summed E-state index contributed by atoms with van der Waals surface area (Å²) >= 11 is 4.24. The van der Waals surface area contributed by atoms with Gasteiger partial charge >= 0.3 is 0 Å². The van der Waals surface area contributed by atoms with Gasteiger partial charge in [0.2, 0.25) is 0 Å². The molecule has 0 saturated heterocycles. The summed E-state index contributed by atoms with van der Waals surface area (Å²) in [6.45, 7) is 5.85. The topological polar surface area (TPSA) is 9.23 Å². The van der Waals surface area contributed by atoms with Gasteiger partial charge in [-0.3, -0.25) is 0 Å². The molecule has 0 aliphatic carbocycles. The third-order valence-electron chi connectivity index (χ3n) is 1.11. The van der Waals surface area contributed by atoms with Crippen LogP contribution in [0, 0.1) is 0 Å². The van der Waals surface area contributed by atoms with Crippen LogP contribution in [0.4, 0.5) is 0 Å². The summed E-state index contributed by atoms with van der Waals surface area (Å²) < 4.78 is 5.15. The van der Waals surface area contributed by atoms with Crippen LogP contribution in [-0.4, -0.2) is 18.5 Å². The molecular weight excluding hydrogens is 132 g/mol. The molecule has 1 atom stereocenters. The average Bonchev–Trinajstić information content (AvgIpc) is 1.80. The van der Waals surface area contributed by atoms with E-state index in [0.29, 0.717) is 5.25 Å². The van der Waals surface area contributed by atoms with Gasteiger partial charge in [0.15, 0.2) is 0 Å². The SMILES string of the molecule is CCOCCCC(C)S. The second kappa shape index (κ2) is 6.43. The minimum Gasteiger partial charge on any atom is -0.382 e. The maximum absolute atomic E-state index is 5.15. The maximum atomic E-state index is 5.15. The summed E-state index contributed by atoms with van der Waals surface area (Å²) in [5.74, 6) is 0. The van der Waals surface area contributed by atoms with E-state index < -0.39 is 0 Å². The Morgan fingerprint density at radius 3 is 2.67 bits per heavy atom. The molecule has 0 radical (unpaired) electrons. The van der Waals surface area contributed by atoms with E-state index in [9.17, 15) is 0 Å². The van der Waals surface area contributed by atoms with Gasteiger partial charge in [-0.25, -0.2) is 0 Å². The Morgan fingerprint density at radius 1 is 1.56 bits per heavy atom. The second-order valence-electron chi connectivity index (χ2n) is 2.19. The molecule has 0 aromatic heterocycles. The molecule has 0 aliphatic rings. The molecule has 0 heterocycles. The third-order valence-corrected chi connectivity index (χ3v) is 1.37. The van der Waals surface area contributed by atoms with Gasteiger partial charge in [-0.15, -0.1) is 0 Å². The van der Waals surface area contributed by atoms with Crippen molar-refractivity contribution < 1.29 is 4.74 Å². The molecule has 0 rings (SSSR count). The molecule has 9 heavy (non-hydrogen) atoms. The predicted molar refractivity (Wildman–Crippen MR) is 44.2 cm³/mol. The molecule has 0 aromatic rings. The van der Waals surface area contributed by atoms with Crippen molar-refractivity contribution in [1.29, 1.82) is 0 Å². The van der Waals surface area contributed by atoms with Crippen LogP contribution >= 0.6 is 12.6 Å². The van der Waals surface area contributed by atoms with Gasteiger partial charge in [0, 0.05) is 13.2 Å². The Bertz CT molecular complexity index is 54.9. The summed E-state index contributed by atoms with van der Waals surface area (Å²) in [5, 5.41) is 0.519. The zero-order chi connectivity index (χ0) is 7.11. The van der Waals surface area contributed by atoms with Crippen LogP contribution < -0.4 is 0 Å². The monoisotopic (exact) mass is 148 g/mol. The Kier molecular flexibility index (Phi) is 6.65. The van der Waals surface area contributed by atoms with Gasteiger partial charge in [0.05, 0.1) is 0 Å². The summed E-state index contributed by atoms with van der Waals surface area (Å²) in [6, 6.07) is 0. The highest BCUT2D eigenvalue weighted by atomic mass is 32.1. The summed E-state index contributed by atoms with van der Waals surface area (Å²) in [4.78, 5) is 0. The highest BCUT2D eigenvalue weighted by molar-refractivity contribution is 7.80. The van der Waals surface area contributed by atoms with Crippen LogP contribution in [0.5, 0.6) is 0 Å². The highest BCUT2D eigenvalue weighted by Crippen LogP contribution is 2.02. The first-order valence-electron chi connectivity index (χ1n) is 3.53. The van der Waals surface area contributed by atoms with Crippen LogP contribution in [0.1, 0.15) is 26.7 Å². The van der Waals surface area contributed by atoms with Crippen molar-refractivity contribution in [3.05, 3.63) is 0 Å². The molecule has 1 nitrogen and oxygen atoms in total. The molecule has 0 fully saturated rings. The van der Waals surface area contributed by atoms with Crippen LogP contribution in [0.25, 0.3) is 0 Å². The third kappa shape index (κ3) is 8.31. The van der Waals surface area contributed by atoms with E-state index in [0.717, 1.165) is 26.1 Å². The van der Waals surface area contributed by atoms with Crippen molar-refractivity contribution >= 4 is 12.6 Å². The van der Waals surface area contributed by atoms with Crippen LogP contribution in [0.15, 0.2) is 0 Å². The van der Waals surface area contributed by atoms with Gasteiger partial charge < -0.3 is 4.74 Å². The number of ether oxygens (including phenoxy) is 1. The molecule has 0 aliphatic heterocycles. The minimum atomic E-state index is 0.519. The van der Waals surface area contributed by atoms with Crippen molar-refractivity contribution in [2.24, 2.45) is 0 Å². The quantitative estimate of drug-likeness (QED) is 0.464. The fourth-order valence-electron chi connectivity index (χ4n) is 0.625. The van der Waals surface area contributed by atoms with E-state index in [2.05, 4.69) is 19.6 Å². The number of rotatable bonds is 5. The Hall–Kier alpha value is 0.310. The van der Waals surface area contributed by atoms with Gasteiger partial charge in [0.25, 0.3) is 0 Å². The average molecular weight is 148 g/mol. The lowest BCUT2D eigenvalue weighted by molar-refractivity contribution is 0.143. The van der Waals surface area contributed by atoms with Crippen LogP contribution in [0.3, 0.4) is 0 Å².